The minimum atomic E-state index is -0.788. The van der Waals surface area contributed by atoms with Crippen molar-refractivity contribution in [2.24, 2.45) is 5.41 Å². The molecule has 0 saturated carbocycles. The van der Waals surface area contributed by atoms with Crippen LogP contribution in [0.4, 0.5) is 0 Å². The number of aromatic amines is 1. The molecule has 0 saturated heterocycles. The molecule has 0 unspecified atom stereocenters. The number of benzene rings is 1. The molecule has 4 heteroatoms. The van der Waals surface area contributed by atoms with Gasteiger partial charge < -0.3 is 5.11 Å². The third-order valence-electron chi connectivity index (χ3n) is 2.77. The summed E-state index contributed by atoms with van der Waals surface area (Å²) in [5.74, 6) is -0.788. The number of fused-ring (bicyclic) bond motifs is 1. The number of nitrogens with one attached hydrogen (secondary N) is 1. The maximum Gasteiger partial charge on any atom is 0.309 e. The smallest absolute Gasteiger partial charge is 0.309 e. The summed E-state index contributed by atoms with van der Waals surface area (Å²) in [6.07, 6.45) is 2.23. The summed E-state index contributed by atoms with van der Waals surface area (Å²) in [5, 5.41) is 17.0. The van der Waals surface area contributed by atoms with Crippen LogP contribution in [0, 0.1) is 5.41 Å². The van der Waals surface area contributed by atoms with Gasteiger partial charge in [-0.15, -0.1) is 0 Å². The molecule has 4 nitrogen and oxygen atoms in total. The first-order chi connectivity index (χ1) is 7.50. The SMILES string of the molecule is CC(C)(Cc1cccc2cn[nH]c12)C(=O)O. The zero-order valence-corrected chi connectivity index (χ0v) is 9.32. The lowest BCUT2D eigenvalue weighted by Gasteiger charge is -2.19. The summed E-state index contributed by atoms with van der Waals surface area (Å²) in [6.45, 7) is 3.45. The first kappa shape index (κ1) is 10.7. The second-order valence-electron chi connectivity index (χ2n) is 4.62. The number of H-pyrrole nitrogens is 1. The normalized spacial score (nSPS) is 11.9. The van der Waals surface area contributed by atoms with Crippen molar-refractivity contribution in [2.45, 2.75) is 20.3 Å². The fourth-order valence-corrected chi connectivity index (χ4v) is 1.73. The van der Waals surface area contributed by atoms with E-state index in [4.69, 9.17) is 5.11 Å². The van der Waals surface area contributed by atoms with Gasteiger partial charge in [0, 0.05) is 5.39 Å². The van der Waals surface area contributed by atoms with E-state index < -0.39 is 11.4 Å². The molecule has 0 radical (unpaired) electrons. The predicted molar refractivity (Wildman–Crippen MR) is 61.2 cm³/mol. The molecular weight excluding hydrogens is 204 g/mol. The van der Waals surface area contributed by atoms with E-state index in [1.54, 1.807) is 20.0 Å². The molecular formula is C12H14N2O2. The van der Waals surface area contributed by atoms with Crippen molar-refractivity contribution in [1.82, 2.24) is 10.2 Å². The van der Waals surface area contributed by atoms with Crippen molar-refractivity contribution in [3.05, 3.63) is 30.0 Å². The molecule has 2 N–H and O–H groups in total. The lowest BCUT2D eigenvalue weighted by atomic mass is 9.85. The quantitative estimate of drug-likeness (QED) is 0.830. The Morgan fingerprint density at radius 1 is 1.50 bits per heavy atom. The summed E-state index contributed by atoms with van der Waals surface area (Å²) in [4.78, 5) is 11.1. The fraction of sp³-hybridized carbons (Fsp3) is 0.333. The number of nitrogens with zero attached hydrogens (tertiary/aromatic N) is 1. The van der Waals surface area contributed by atoms with Crippen molar-refractivity contribution in [3.63, 3.8) is 0 Å². The molecule has 0 aliphatic rings. The minimum absolute atomic E-state index is 0.488. The third kappa shape index (κ3) is 1.78. The fourth-order valence-electron chi connectivity index (χ4n) is 1.73. The van der Waals surface area contributed by atoms with E-state index in [1.165, 1.54) is 0 Å². The number of rotatable bonds is 3. The Hall–Kier alpha value is -1.84. The Morgan fingerprint density at radius 2 is 2.25 bits per heavy atom. The Bertz CT molecular complexity index is 529. The molecule has 0 atom stereocenters. The summed E-state index contributed by atoms with van der Waals surface area (Å²) >= 11 is 0. The Labute approximate surface area is 93.3 Å². The van der Waals surface area contributed by atoms with Gasteiger partial charge in [0.05, 0.1) is 17.1 Å². The molecule has 1 aromatic carbocycles. The molecule has 2 aromatic rings. The Kier molecular flexibility index (Phi) is 2.42. The Balaban J connectivity index is 2.41. The van der Waals surface area contributed by atoms with Gasteiger partial charge in [-0.1, -0.05) is 18.2 Å². The van der Waals surface area contributed by atoms with Gasteiger partial charge >= 0.3 is 5.97 Å². The number of carboxylic acid groups (broad SMARTS) is 1. The van der Waals surface area contributed by atoms with Crippen molar-refractivity contribution < 1.29 is 9.90 Å². The number of carbonyl (C=O) groups is 1. The van der Waals surface area contributed by atoms with Crippen LogP contribution >= 0.6 is 0 Å². The van der Waals surface area contributed by atoms with Gasteiger partial charge in [-0.25, -0.2) is 0 Å². The van der Waals surface area contributed by atoms with E-state index in [0.29, 0.717) is 6.42 Å². The zero-order chi connectivity index (χ0) is 11.8. The zero-order valence-electron chi connectivity index (χ0n) is 9.32. The topological polar surface area (TPSA) is 66.0 Å². The molecule has 84 valence electrons. The van der Waals surface area contributed by atoms with Crippen molar-refractivity contribution in [1.29, 1.82) is 0 Å². The third-order valence-corrected chi connectivity index (χ3v) is 2.77. The largest absolute Gasteiger partial charge is 0.481 e. The van der Waals surface area contributed by atoms with E-state index in [2.05, 4.69) is 10.2 Å². The van der Waals surface area contributed by atoms with E-state index >= 15 is 0 Å². The molecule has 0 aliphatic heterocycles. The highest BCUT2D eigenvalue weighted by Crippen LogP contribution is 2.26. The van der Waals surface area contributed by atoms with E-state index in [1.807, 2.05) is 18.2 Å². The summed E-state index contributed by atoms with van der Waals surface area (Å²) in [7, 11) is 0. The average Bonchev–Trinajstić information content (AvgIpc) is 2.65. The summed E-state index contributed by atoms with van der Waals surface area (Å²) in [6, 6.07) is 5.81. The second kappa shape index (κ2) is 3.63. The highest BCUT2D eigenvalue weighted by atomic mass is 16.4. The van der Waals surface area contributed by atoms with Crippen LogP contribution in [0.25, 0.3) is 10.9 Å². The van der Waals surface area contributed by atoms with Crippen molar-refractivity contribution >= 4 is 16.9 Å². The van der Waals surface area contributed by atoms with Crippen LogP contribution in [-0.2, 0) is 11.2 Å². The summed E-state index contributed by atoms with van der Waals surface area (Å²) in [5.41, 5.74) is 1.15. The van der Waals surface area contributed by atoms with Crippen LogP contribution in [0.15, 0.2) is 24.4 Å². The van der Waals surface area contributed by atoms with Crippen LogP contribution in [0.5, 0.6) is 0 Å². The lowest BCUT2D eigenvalue weighted by molar-refractivity contribution is -0.146. The maximum atomic E-state index is 11.1. The van der Waals surface area contributed by atoms with Gasteiger partial charge in [-0.05, 0) is 25.8 Å². The highest BCUT2D eigenvalue weighted by molar-refractivity contribution is 5.82. The lowest BCUT2D eigenvalue weighted by Crippen LogP contribution is -2.26. The van der Waals surface area contributed by atoms with Gasteiger partial charge in [0.25, 0.3) is 0 Å². The monoisotopic (exact) mass is 218 g/mol. The number of carboxylic acids is 1. The van der Waals surface area contributed by atoms with E-state index in [9.17, 15) is 4.79 Å². The van der Waals surface area contributed by atoms with E-state index in [0.717, 1.165) is 16.5 Å². The van der Waals surface area contributed by atoms with Crippen LogP contribution in [0.3, 0.4) is 0 Å². The minimum Gasteiger partial charge on any atom is -0.481 e. The number of aliphatic carboxylic acids is 1. The molecule has 1 aromatic heterocycles. The second-order valence-corrected chi connectivity index (χ2v) is 4.62. The van der Waals surface area contributed by atoms with Crippen LogP contribution in [0.2, 0.25) is 0 Å². The van der Waals surface area contributed by atoms with Gasteiger partial charge in [0.2, 0.25) is 0 Å². The first-order valence-corrected chi connectivity index (χ1v) is 5.15. The standard InChI is InChI=1S/C12H14N2O2/c1-12(2,11(15)16)6-8-4-3-5-9-7-13-14-10(8)9/h3-5,7H,6H2,1-2H3,(H,13,14)(H,15,16). The molecule has 0 amide bonds. The highest BCUT2D eigenvalue weighted by Gasteiger charge is 2.28. The van der Waals surface area contributed by atoms with Crippen LogP contribution in [0.1, 0.15) is 19.4 Å². The van der Waals surface area contributed by atoms with Gasteiger partial charge in [0.1, 0.15) is 0 Å². The molecule has 0 spiro atoms. The van der Waals surface area contributed by atoms with Crippen LogP contribution in [-0.4, -0.2) is 21.3 Å². The van der Waals surface area contributed by atoms with Gasteiger partial charge in [-0.3, -0.25) is 9.89 Å². The molecule has 0 aliphatic carbocycles. The van der Waals surface area contributed by atoms with Crippen LogP contribution < -0.4 is 0 Å². The number of hydrogen-bond acceptors (Lipinski definition) is 2. The summed E-state index contributed by atoms with van der Waals surface area (Å²) < 4.78 is 0. The van der Waals surface area contributed by atoms with Gasteiger partial charge in [0.15, 0.2) is 0 Å². The van der Waals surface area contributed by atoms with Crippen molar-refractivity contribution in [2.75, 3.05) is 0 Å². The van der Waals surface area contributed by atoms with E-state index in [-0.39, 0.29) is 0 Å². The van der Waals surface area contributed by atoms with Crippen molar-refractivity contribution in [3.8, 4) is 0 Å². The maximum absolute atomic E-state index is 11.1. The molecule has 0 bridgehead atoms. The Morgan fingerprint density at radius 3 is 2.94 bits per heavy atom. The molecule has 1 heterocycles. The first-order valence-electron chi connectivity index (χ1n) is 5.15. The molecule has 16 heavy (non-hydrogen) atoms. The molecule has 2 rings (SSSR count). The number of para-hydroxylation sites is 1. The van der Waals surface area contributed by atoms with Gasteiger partial charge in [-0.2, -0.15) is 5.10 Å². The average molecular weight is 218 g/mol. The molecule has 0 fully saturated rings. The number of aromatic nitrogens is 2. The predicted octanol–water partition coefficient (Wildman–Crippen LogP) is 2.22. The number of hydrogen-bond donors (Lipinski definition) is 2.